The van der Waals surface area contributed by atoms with Gasteiger partial charge in [0, 0.05) is 17.3 Å². The molecule has 72 valence electrons. The van der Waals surface area contributed by atoms with Crippen molar-refractivity contribution >= 4 is 11.0 Å². The normalized spacial score (nSPS) is 32.7. The van der Waals surface area contributed by atoms with Crippen LogP contribution in [0.15, 0.2) is 0 Å². The van der Waals surface area contributed by atoms with Gasteiger partial charge in [-0.3, -0.25) is 0 Å². The van der Waals surface area contributed by atoms with Crippen molar-refractivity contribution in [1.82, 2.24) is 4.72 Å². The van der Waals surface area contributed by atoms with E-state index in [4.69, 9.17) is 5.73 Å². The Kier molecular flexibility index (Phi) is 3.68. The standard InChI is InChI=1S/C8H18N2OS/c1-6(2)12(11)10-8-5-3-4-7(8)9/h6-8,10H,3-5,9H2,1-2H3. The summed E-state index contributed by atoms with van der Waals surface area (Å²) in [6, 6.07) is 0.473. The highest BCUT2D eigenvalue weighted by Gasteiger charge is 2.25. The first kappa shape index (κ1) is 10.2. The minimum absolute atomic E-state index is 0.179. The molecule has 0 amide bonds. The summed E-state index contributed by atoms with van der Waals surface area (Å²) in [4.78, 5) is 0. The highest BCUT2D eigenvalue weighted by molar-refractivity contribution is 7.83. The van der Waals surface area contributed by atoms with Crippen LogP contribution < -0.4 is 10.5 Å². The fourth-order valence-electron chi connectivity index (χ4n) is 1.42. The van der Waals surface area contributed by atoms with Crippen LogP contribution in [0.2, 0.25) is 0 Å². The molecule has 0 aromatic heterocycles. The zero-order valence-corrected chi connectivity index (χ0v) is 8.56. The molecule has 3 N–H and O–H groups in total. The summed E-state index contributed by atoms with van der Waals surface area (Å²) in [5, 5.41) is 0.179. The fourth-order valence-corrected chi connectivity index (χ4v) is 2.28. The van der Waals surface area contributed by atoms with Crippen molar-refractivity contribution in [2.45, 2.75) is 50.4 Å². The third-order valence-electron chi connectivity index (χ3n) is 2.27. The van der Waals surface area contributed by atoms with Gasteiger partial charge >= 0.3 is 0 Å². The summed E-state index contributed by atoms with van der Waals surface area (Å²) in [6.07, 6.45) is 3.29. The molecule has 0 bridgehead atoms. The molecule has 1 aliphatic carbocycles. The van der Waals surface area contributed by atoms with Gasteiger partial charge in [-0.05, 0) is 26.7 Å². The monoisotopic (exact) mass is 190 g/mol. The van der Waals surface area contributed by atoms with E-state index in [-0.39, 0.29) is 17.3 Å². The van der Waals surface area contributed by atoms with E-state index < -0.39 is 11.0 Å². The molecular formula is C8H18N2OS. The van der Waals surface area contributed by atoms with Crippen LogP contribution in [0.25, 0.3) is 0 Å². The maximum atomic E-state index is 11.4. The Morgan fingerprint density at radius 3 is 2.58 bits per heavy atom. The van der Waals surface area contributed by atoms with E-state index in [1.165, 1.54) is 0 Å². The summed E-state index contributed by atoms with van der Waals surface area (Å²) in [7, 11) is -0.912. The second-order valence-electron chi connectivity index (χ2n) is 3.67. The number of hydrogen-bond acceptors (Lipinski definition) is 2. The third kappa shape index (κ3) is 2.54. The molecule has 0 aromatic carbocycles. The predicted molar refractivity (Wildman–Crippen MR) is 52.0 cm³/mol. The van der Waals surface area contributed by atoms with Gasteiger partial charge in [0.25, 0.3) is 0 Å². The van der Waals surface area contributed by atoms with Crippen molar-refractivity contribution in [1.29, 1.82) is 0 Å². The van der Waals surface area contributed by atoms with Crippen molar-refractivity contribution in [2.75, 3.05) is 0 Å². The van der Waals surface area contributed by atoms with Gasteiger partial charge in [0.15, 0.2) is 0 Å². The maximum absolute atomic E-state index is 11.4. The quantitative estimate of drug-likeness (QED) is 0.682. The van der Waals surface area contributed by atoms with E-state index in [1.54, 1.807) is 0 Å². The minimum atomic E-state index is -0.912. The van der Waals surface area contributed by atoms with Crippen LogP contribution in [-0.2, 0) is 11.0 Å². The summed E-state index contributed by atoms with van der Waals surface area (Å²) in [5.41, 5.74) is 5.83. The lowest BCUT2D eigenvalue weighted by atomic mass is 10.2. The number of nitrogens with two attached hydrogens (primary N) is 1. The summed E-state index contributed by atoms with van der Waals surface area (Å²) in [6.45, 7) is 3.90. The van der Waals surface area contributed by atoms with Crippen molar-refractivity contribution in [3.63, 3.8) is 0 Å². The lowest BCUT2D eigenvalue weighted by Gasteiger charge is -2.17. The van der Waals surface area contributed by atoms with E-state index in [2.05, 4.69) is 4.72 Å². The topological polar surface area (TPSA) is 55.1 Å². The maximum Gasteiger partial charge on any atom is 0.0944 e. The molecule has 0 saturated heterocycles. The van der Waals surface area contributed by atoms with Crippen LogP contribution in [-0.4, -0.2) is 21.5 Å². The molecule has 3 nitrogen and oxygen atoms in total. The minimum Gasteiger partial charge on any atom is -0.326 e. The van der Waals surface area contributed by atoms with E-state index in [9.17, 15) is 4.21 Å². The van der Waals surface area contributed by atoms with Crippen molar-refractivity contribution in [3.8, 4) is 0 Å². The molecule has 1 fully saturated rings. The van der Waals surface area contributed by atoms with Gasteiger partial charge in [-0.15, -0.1) is 0 Å². The van der Waals surface area contributed by atoms with E-state index >= 15 is 0 Å². The van der Waals surface area contributed by atoms with Gasteiger partial charge in [0.2, 0.25) is 0 Å². The Bertz CT molecular complexity index is 172. The van der Waals surface area contributed by atoms with Crippen molar-refractivity contribution < 1.29 is 4.21 Å². The molecule has 0 radical (unpaired) electrons. The van der Waals surface area contributed by atoms with Gasteiger partial charge < -0.3 is 5.73 Å². The Hall–Kier alpha value is 0.0700. The van der Waals surface area contributed by atoms with Crippen LogP contribution in [0.4, 0.5) is 0 Å². The second kappa shape index (κ2) is 4.35. The molecular weight excluding hydrogens is 172 g/mol. The molecule has 0 spiro atoms. The van der Waals surface area contributed by atoms with Gasteiger partial charge in [0.1, 0.15) is 0 Å². The highest BCUT2D eigenvalue weighted by Crippen LogP contribution is 2.17. The summed E-state index contributed by atoms with van der Waals surface area (Å²) >= 11 is 0. The molecule has 12 heavy (non-hydrogen) atoms. The Balaban J connectivity index is 2.35. The molecule has 1 aliphatic rings. The smallest absolute Gasteiger partial charge is 0.0944 e. The van der Waals surface area contributed by atoms with Crippen LogP contribution in [0.3, 0.4) is 0 Å². The fraction of sp³-hybridized carbons (Fsp3) is 1.00. The van der Waals surface area contributed by atoms with Crippen LogP contribution in [0, 0.1) is 0 Å². The van der Waals surface area contributed by atoms with E-state index in [0.717, 1.165) is 19.3 Å². The molecule has 1 saturated carbocycles. The molecule has 0 heterocycles. The van der Waals surface area contributed by atoms with Crippen LogP contribution in [0.1, 0.15) is 33.1 Å². The van der Waals surface area contributed by atoms with E-state index in [1.807, 2.05) is 13.8 Å². The molecule has 1 rings (SSSR count). The summed E-state index contributed by atoms with van der Waals surface area (Å²) in [5.74, 6) is 0. The highest BCUT2D eigenvalue weighted by atomic mass is 32.2. The largest absolute Gasteiger partial charge is 0.326 e. The number of rotatable bonds is 3. The Morgan fingerprint density at radius 1 is 1.50 bits per heavy atom. The molecule has 0 aromatic rings. The molecule has 3 unspecified atom stereocenters. The number of nitrogens with one attached hydrogen (secondary N) is 1. The van der Waals surface area contributed by atoms with Crippen LogP contribution >= 0.6 is 0 Å². The second-order valence-corrected chi connectivity index (χ2v) is 5.44. The molecule has 0 aliphatic heterocycles. The molecule has 4 heteroatoms. The first-order valence-electron chi connectivity index (χ1n) is 4.53. The lowest BCUT2D eigenvalue weighted by molar-refractivity contribution is 0.553. The average molecular weight is 190 g/mol. The lowest BCUT2D eigenvalue weighted by Crippen LogP contribution is -2.43. The first-order valence-corrected chi connectivity index (χ1v) is 5.75. The zero-order chi connectivity index (χ0) is 9.14. The van der Waals surface area contributed by atoms with Gasteiger partial charge in [0.05, 0.1) is 11.0 Å². The SMILES string of the molecule is CC(C)S(=O)NC1CCCC1N. The van der Waals surface area contributed by atoms with E-state index in [0.29, 0.717) is 0 Å². The summed E-state index contributed by atoms with van der Waals surface area (Å²) < 4.78 is 14.5. The number of hydrogen-bond donors (Lipinski definition) is 2. The van der Waals surface area contributed by atoms with Gasteiger partial charge in [-0.1, -0.05) is 6.42 Å². The van der Waals surface area contributed by atoms with Crippen LogP contribution in [0.5, 0.6) is 0 Å². The van der Waals surface area contributed by atoms with Gasteiger partial charge in [-0.2, -0.15) is 0 Å². The third-order valence-corrected chi connectivity index (χ3v) is 3.66. The van der Waals surface area contributed by atoms with Crippen molar-refractivity contribution in [3.05, 3.63) is 0 Å². The first-order chi connectivity index (χ1) is 5.61. The zero-order valence-electron chi connectivity index (χ0n) is 7.75. The average Bonchev–Trinajstić information content (AvgIpc) is 2.36. The Labute approximate surface area is 76.7 Å². The Morgan fingerprint density at radius 2 is 2.17 bits per heavy atom. The van der Waals surface area contributed by atoms with Gasteiger partial charge in [-0.25, -0.2) is 8.93 Å². The molecule has 3 atom stereocenters. The predicted octanol–water partition coefficient (Wildman–Crippen LogP) is 0.528. The van der Waals surface area contributed by atoms with Crippen molar-refractivity contribution in [2.24, 2.45) is 5.73 Å².